The smallest absolute Gasteiger partial charge is 0.188 e. The quantitative estimate of drug-likeness (QED) is 0.166. The molecule has 1 aliphatic heterocycles. The lowest BCUT2D eigenvalue weighted by atomic mass is 9.66. The fourth-order valence-corrected chi connectivity index (χ4v) is 11.1. The van der Waals surface area contributed by atoms with Crippen LogP contribution in [0.4, 0.5) is 5.69 Å². The first-order valence-electron chi connectivity index (χ1n) is 22.2. The molecule has 1 aliphatic carbocycles. The Kier molecular flexibility index (Phi) is 7.58. The van der Waals surface area contributed by atoms with Gasteiger partial charge in [-0.25, -0.2) is 4.85 Å². The van der Waals surface area contributed by atoms with Crippen molar-refractivity contribution in [3.63, 3.8) is 0 Å². The minimum Gasteiger partial charge on any atom is -0.457 e. The van der Waals surface area contributed by atoms with Gasteiger partial charge in [-0.3, -0.25) is 9.97 Å². The van der Waals surface area contributed by atoms with Gasteiger partial charge in [0, 0.05) is 51.1 Å². The zero-order valence-corrected chi connectivity index (χ0v) is 35.4. The number of para-hydroxylation sites is 3. The van der Waals surface area contributed by atoms with Gasteiger partial charge in [-0.05, 0) is 130 Å². The summed E-state index contributed by atoms with van der Waals surface area (Å²) in [5, 5.41) is 4.53. The van der Waals surface area contributed by atoms with Gasteiger partial charge in [-0.15, -0.1) is 0 Å². The molecule has 14 rings (SSSR count). The first-order chi connectivity index (χ1) is 32.7. The predicted octanol–water partition coefficient (Wildman–Crippen LogP) is 15.0. The highest BCUT2D eigenvalue weighted by molar-refractivity contribution is 6.12. The summed E-state index contributed by atoms with van der Waals surface area (Å²) < 4.78 is 11.8. The molecule has 0 fully saturated rings. The lowest BCUT2D eigenvalue weighted by Gasteiger charge is -2.39. The second-order valence-corrected chi connectivity index (χ2v) is 17.2. The number of pyridine rings is 2. The number of rotatable bonds is 4. The molecule has 5 heterocycles. The molecule has 0 radical (unpaired) electrons. The van der Waals surface area contributed by atoms with Crippen LogP contribution in [0.1, 0.15) is 22.3 Å². The minimum atomic E-state index is -0.719. The molecule has 6 heteroatoms. The van der Waals surface area contributed by atoms with Crippen LogP contribution in [0.2, 0.25) is 0 Å². The molecule has 12 aromatic rings. The van der Waals surface area contributed by atoms with Gasteiger partial charge >= 0.3 is 0 Å². The van der Waals surface area contributed by atoms with Crippen LogP contribution in [0.3, 0.4) is 0 Å². The summed E-state index contributed by atoms with van der Waals surface area (Å²) in [4.78, 5) is 13.7. The van der Waals surface area contributed by atoms with Crippen LogP contribution < -0.4 is 4.74 Å². The maximum atomic E-state index is 7.82. The van der Waals surface area contributed by atoms with Crippen molar-refractivity contribution in [3.05, 3.63) is 246 Å². The summed E-state index contributed by atoms with van der Waals surface area (Å²) in [7, 11) is 0. The van der Waals surface area contributed by atoms with E-state index in [4.69, 9.17) is 21.3 Å². The van der Waals surface area contributed by atoms with E-state index in [1.54, 1.807) is 0 Å². The Balaban J connectivity index is 0.963. The van der Waals surface area contributed by atoms with E-state index in [-0.39, 0.29) is 0 Å². The monoisotopic (exact) mass is 841 g/mol. The molecule has 0 amide bonds. The van der Waals surface area contributed by atoms with E-state index in [9.17, 15) is 0 Å². The van der Waals surface area contributed by atoms with E-state index in [0.717, 1.165) is 106 Å². The highest BCUT2D eigenvalue weighted by Crippen LogP contribution is 2.62. The van der Waals surface area contributed by atoms with Gasteiger partial charge in [0.2, 0.25) is 0 Å². The highest BCUT2D eigenvalue weighted by atomic mass is 16.5. The zero-order chi connectivity index (χ0) is 43.5. The molecule has 0 atom stereocenters. The van der Waals surface area contributed by atoms with Crippen molar-refractivity contribution < 1.29 is 4.74 Å². The van der Waals surface area contributed by atoms with E-state index in [0.29, 0.717) is 5.69 Å². The standard InChI is InChI=1S/C60H35N5O/c1-61-41-24-29-55-47(36-41)46-33-38(23-28-54(46)65(55)43-14-6-3-7-15-43)40-21-26-49-57(35-40)66-56-34-39(20-25-48(56)60(49)50-17-10-30-62-58(50)59-51(60)18-11-31-63-59)37-22-27-53-45(32-37)44-16-8-9-19-52(44)64(53)42-12-4-2-5-13-42/h2-36H. The van der Waals surface area contributed by atoms with Gasteiger partial charge in [-0.1, -0.05) is 109 Å². The van der Waals surface area contributed by atoms with Crippen molar-refractivity contribution >= 4 is 49.3 Å². The molecular formula is C60H35N5O. The lowest BCUT2D eigenvalue weighted by Crippen LogP contribution is -2.32. The summed E-state index contributed by atoms with van der Waals surface area (Å²) >= 11 is 0. The molecule has 0 unspecified atom stereocenters. The molecular weight excluding hydrogens is 807 g/mol. The average Bonchev–Trinajstić information content (AvgIpc) is 4.00. The van der Waals surface area contributed by atoms with Gasteiger partial charge in [0.05, 0.1) is 45.4 Å². The number of benzene rings is 8. The highest BCUT2D eigenvalue weighted by Gasteiger charge is 2.52. The second-order valence-electron chi connectivity index (χ2n) is 17.2. The summed E-state index contributed by atoms with van der Waals surface area (Å²) in [5.74, 6) is 1.58. The summed E-state index contributed by atoms with van der Waals surface area (Å²) in [6.07, 6.45) is 3.72. The molecule has 306 valence electrons. The SMILES string of the molecule is [C-]#[N+]c1ccc2c(c1)c1cc(-c3ccc4c(c3)Oc3cc(-c5ccc6c(c5)c5ccccc5n6-c5ccccc5)ccc3C43c4cccnc4-c4ncccc43)ccc1n2-c1ccccc1. The van der Waals surface area contributed by atoms with Crippen LogP contribution in [0.5, 0.6) is 11.5 Å². The Morgan fingerprint density at radius 3 is 1.41 bits per heavy atom. The number of hydrogen-bond acceptors (Lipinski definition) is 3. The third-order valence-corrected chi connectivity index (χ3v) is 13.9. The molecule has 4 aromatic heterocycles. The number of hydrogen-bond donors (Lipinski definition) is 0. The Hall–Kier alpha value is -9.05. The van der Waals surface area contributed by atoms with E-state index in [2.05, 4.69) is 184 Å². The zero-order valence-electron chi connectivity index (χ0n) is 35.4. The van der Waals surface area contributed by atoms with Gasteiger partial charge in [0.15, 0.2) is 5.69 Å². The maximum Gasteiger partial charge on any atom is 0.188 e. The average molecular weight is 842 g/mol. The Morgan fingerprint density at radius 2 is 0.848 bits per heavy atom. The van der Waals surface area contributed by atoms with E-state index in [1.165, 1.54) is 16.3 Å². The minimum absolute atomic E-state index is 0.616. The van der Waals surface area contributed by atoms with E-state index >= 15 is 0 Å². The molecule has 0 saturated carbocycles. The van der Waals surface area contributed by atoms with Crippen LogP contribution in [0, 0.1) is 6.57 Å². The molecule has 2 aliphatic rings. The summed E-state index contributed by atoms with van der Waals surface area (Å²) in [5.41, 5.74) is 16.9. The molecule has 0 N–H and O–H groups in total. The van der Waals surface area contributed by atoms with Gasteiger partial charge < -0.3 is 13.9 Å². The molecule has 0 saturated heterocycles. The Bertz CT molecular complexity index is 4000. The van der Waals surface area contributed by atoms with E-state index in [1.807, 2.05) is 42.7 Å². The molecule has 8 aromatic carbocycles. The molecule has 6 nitrogen and oxygen atoms in total. The Labute approximate surface area is 379 Å². The largest absolute Gasteiger partial charge is 0.457 e. The number of ether oxygens (including phenoxy) is 1. The van der Waals surface area contributed by atoms with Crippen molar-refractivity contribution in [2.75, 3.05) is 0 Å². The van der Waals surface area contributed by atoms with Gasteiger partial charge in [-0.2, -0.15) is 0 Å². The van der Waals surface area contributed by atoms with Crippen LogP contribution >= 0.6 is 0 Å². The van der Waals surface area contributed by atoms with Crippen LogP contribution in [-0.2, 0) is 5.41 Å². The van der Waals surface area contributed by atoms with Gasteiger partial charge in [0.25, 0.3) is 0 Å². The fraction of sp³-hybridized carbons (Fsp3) is 0.0167. The number of nitrogens with zero attached hydrogens (tertiary/aromatic N) is 5. The van der Waals surface area contributed by atoms with Crippen LogP contribution in [0.15, 0.2) is 213 Å². The normalized spacial score (nSPS) is 13.1. The summed E-state index contributed by atoms with van der Waals surface area (Å²) in [6, 6.07) is 70.9. The first kappa shape index (κ1) is 36.4. The van der Waals surface area contributed by atoms with Crippen LogP contribution in [0.25, 0.3) is 93.5 Å². The number of fused-ring (bicyclic) bond motifs is 15. The first-order valence-corrected chi connectivity index (χ1v) is 22.2. The van der Waals surface area contributed by atoms with Crippen molar-refractivity contribution in [2.24, 2.45) is 0 Å². The van der Waals surface area contributed by atoms with Gasteiger partial charge in [0.1, 0.15) is 11.5 Å². The van der Waals surface area contributed by atoms with Crippen LogP contribution in [-0.4, -0.2) is 19.1 Å². The van der Waals surface area contributed by atoms with Crippen molar-refractivity contribution in [2.45, 2.75) is 5.41 Å². The number of aromatic nitrogens is 4. The second kappa shape index (κ2) is 13.7. The Morgan fingerprint density at radius 1 is 0.394 bits per heavy atom. The maximum absolute atomic E-state index is 7.82. The predicted molar refractivity (Wildman–Crippen MR) is 265 cm³/mol. The molecule has 1 spiro atoms. The van der Waals surface area contributed by atoms with Crippen molar-refractivity contribution in [1.29, 1.82) is 0 Å². The van der Waals surface area contributed by atoms with E-state index < -0.39 is 5.41 Å². The molecule has 66 heavy (non-hydrogen) atoms. The third kappa shape index (κ3) is 4.99. The summed E-state index contributed by atoms with van der Waals surface area (Å²) in [6.45, 7) is 7.82. The van der Waals surface area contributed by atoms with Crippen molar-refractivity contribution in [1.82, 2.24) is 19.1 Å². The topological polar surface area (TPSA) is 49.2 Å². The van der Waals surface area contributed by atoms with Crippen molar-refractivity contribution in [3.8, 4) is 56.5 Å². The third-order valence-electron chi connectivity index (χ3n) is 13.9. The fourth-order valence-electron chi connectivity index (χ4n) is 11.1. The lowest BCUT2D eigenvalue weighted by molar-refractivity contribution is 0.436. The molecule has 0 bridgehead atoms.